The van der Waals surface area contributed by atoms with E-state index < -0.39 is 8.07 Å². The summed E-state index contributed by atoms with van der Waals surface area (Å²) in [7, 11) is -2.91. The summed E-state index contributed by atoms with van der Waals surface area (Å²) in [6, 6.07) is 69.8. The Morgan fingerprint density at radius 2 is 1.04 bits per heavy atom. The predicted octanol–water partition coefficient (Wildman–Crippen LogP) is 8.72. The first-order chi connectivity index (χ1) is 25.3. The first-order valence-corrected chi connectivity index (χ1v) is 19.7. The van der Waals surface area contributed by atoms with Gasteiger partial charge in [0.25, 0.3) is 0 Å². The number of fused-ring (bicyclic) bond motifs is 6. The lowest BCUT2D eigenvalue weighted by Crippen LogP contribution is -2.74. The van der Waals surface area contributed by atoms with E-state index in [1.807, 2.05) is 6.20 Å². The maximum absolute atomic E-state index is 4.77. The van der Waals surface area contributed by atoms with Gasteiger partial charge in [0.15, 0.2) is 8.07 Å². The molecule has 0 saturated heterocycles. The van der Waals surface area contributed by atoms with E-state index in [0.29, 0.717) is 0 Å². The average Bonchev–Trinajstić information content (AvgIpc) is 3.72. The van der Waals surface area contributed by atoms with Gasteiger partial charge in [-0.15, -0.1) is 0 Å². The minimum Gasteiger partial charge on any atom is -0.309 e. The van der Waals surface area contributed by atoms with Crippen molar-refractivity contribution in [2.45, 2.75) is 5.92 Å². The second kappa shape index (κ2) is 11.9. The molecule has 0 N–H and O–H groups in total. The monoisotopic (exact) mass is 666 g/mol. The van der Waals surface area contributed by atoms with Crippen LogP contribution >= 0.6 is 0 Å². The molecule has 1 aliphatic rings. The molecule has 1 aliphatic carbocycles. The normalized spacial score (nSPS) is 13.6. The summed E-state index contributed by atoms with van der Waals surface area (Å²) in [6.45, 7) is 0. The molecule has 0 fully saturated rings. The van der Waals surface area contributed by atoms with Crippen LogP contribution in [0.5, 0.6) is 0 Å². The number of hydrogen-bond donors (Lipinski definition) is 0. The van der Waals surface area contributed by atoms with Crippen LogP contribution in [0.15, 0.2) is 200 Å². The van der Waals surface area contributed by atoms with Gasteiger partial charge in [-0.05, 0) is 78.9 Å². The Hall–Kier alpha value is -6.29. The van der Waals surface area contributed by atoms with Crippen molar-refractivity contribution in [1.82, 2.24) is 9.55 Å². The highest BCUT2D eigenvalue weighted by Crippen LogP contribution is 2.47. The van der Waals surface area contributed by atoms with Crippen LogP contribution in [-0.4, -0.2) is 17.6 Å². The van der Waals surface area contributed by atoms with Gasteiger partial charge >= 0.3 is 0 Å². The topological polar surface area (TPSA) is 17.8 Å². The number of benzene rings is 7. The van der Waals surface area contributed by atoms with Crippen molar-refractivity contribution < 1.29 is 0 Å². The third kappa shape index (κ3) is 4.52. The summed E-state index contributed by atoms with van der Waals surface area (Å²) >= 11 is 0. The van der Waals surface area contributed by atoms with Gasteiger partial charge in [0.05, 0.1) is 11.0 Å². The van der Waals surface area contributed by atoms with Crippen molar-refractivity contribution in [1.29, 1.82) is 0 Å². The Balaban J connectivity index is 1.27. The standard InChI is InChI=1S/C48H34N2Si/c1-3-16-35(17-4-1)50-46-27-12-11-24-42(46)45-32-38(28-29-47(45)50)51(36-18-5-2-6-19-36,39-21-14-30-49-33-39)37-20-13-15-34(31-37)48-43-25-9-7-22-40(43)41-23-8-10-26-44(41)48/h1-33,48H. The fourth-order valence-electron chi connectivity index (χ4n) is 8.80. The highest BCUT2D eigenvalue weighted by Gasteiger charge is 2.43. The Labute approximate surface area is 299 Å². The molecule has 0 radical (unpaired) electrons. The zero-order chi connectivity index (χ0) is 33.8. The van der Waals surface area contributed by atoms with E-state index >= 15 is 0 Å². The second-order valence-electron chi connectivity index (χ2n) is 13.5. The molecule has 240 valence electrons. The van der Waals surface area contributed by atoms with Crippen molar-refractivity contribution in [3.63, 3.8) is 0 Å². The Bertz CT molecular complexity index is 2610. The van der Waals surface area contributed by atoms with Crippen LogP contribution in [0, 0.1) is 0 Å². The van der Waals surface area contributed by atoms with Gasteiger partial charge in [-0.2, -0.15) is 0 Å². The molecule has 1 atom stereocenters. The molecule has 2 heterocycles. The lowest BCUT2D eigenvalue weighted by atomic mass is 9.89. The number of aromatic nitrogens is 2. The van der Waals surface area contributed by atoms with E-state index in [1.165, 1.54) is 76.1 Å². The van der Waals surface area contributed by atoms with Gasteiger partial charge in [0.1, 0.15) is 0 Å². The van der Waals surface area contributed by atoms with Gasteiger partial charge in [-0.3, -0.25) is 4.98 Å². The first-order valence-electron chi connectivity index (χ1n) is 17.7. The third-order valence-corrected chi connectivity index (χ3v) is 15.6. The Kier molecular flexibility index (Phi) is 6.93. The summed E-state index contributed by atoms with van der Waals surface area (Å²) in [6.07, 6.45) is 4.01. The van der Waals surface area contributed by atoms with Crippen LogP contribution in [-0.2, 0) is 0 Å². The molecule has 3 heteroatoms. The summed E-state index contributed by atoms with van der Waals surface area (Å²) < 4.78 is 2.40. The molecule has 0 saturated carbocycles. The zero-order valence-electron chi connectivity index (χ0n) is 28.0. The van der Waals surface area contributed by atoms with Crippen LogP contribution in [0.2, 0.25) is 0 Å². The molecule has 0 spiro atoms. The molecule has 9 aromatic rings. The van der Waals surface area contributed by atoms with Crippen LogP contribution < -0.4 is 20.7 Å². The summed E-state index contributed by atoms with van der Waals surface area (Å²) in [4.78, 5) is 4.77. The lowest BCUT2D eigenvalue weighted by Gasteiger charge is -2.35. The highest BCUT2D eigenvalue weighted by atomic mass is 28.3. The van der Waals surface area contributed by atoms with Crippen LogP contribution in [0.1, 0.15) is 22.6 Å². The molecule has 2 nitrogen and oxygen atoms in total. The molecule has 0 aliphatic heterocycles. The number of nitrogens with zero attached hydrogens (tertiary/aromatic N) is 2. The van der Waals surface area contributed by atoms with Crippen molar-refractivity contribution in [2.24, 2.45) is 0 Å². The van der Waals surface area contributed by atoms with Crippen LogP contribution in [0.4, 0.5) is 0 Å². The van der Waals surface area contributed by atoms with Crippen molar-refractivity contribution in [3.05, 3.63) is 217 Å². The average molecular weight is 667 g/mol. The van der Waals surface area contributed by atoms with Crippen molar-refractivity contribution in [2.75, 3.05) is 0 Å². The first kappa shape index (κ1) is 29.6. The van der Waals surface area contributed by atoms with E-state index in [-0.39, 0.29) is 5.92 Å². The van der Waals surface area contributed by atoms with E-state index in [4.69, 9.17) is 4.98 Å². The van der Waals surface area contributed by atoms with E-state index in [9.17, 15) is 0 Å². The Morgan fingerprint density at radius 3 is 1.78 bits per heavy atom. The number of rotatable bonds is 6. The third-order valence-electron chi connectivity index (χ3n) is 10.9. The fraction of sp³-hybridized carbons (Fsp3) is 0.0208. The van der Waals surface area contributed by atoms with Crippen LogP contribution in [0.3, 0.4) is 0 Å². The molecule has 1 unspecified atom stereocenters. The fourth-order valence-corrected chi connectivity index (χ4v) is 13.5. The zero-order valence-corrected chi connectivity index (χ0v) is 29.0. The largest absolute Gasteiger partial charge is 0.309 e. The molecule has 7 aromatic carbocycles. The van der Waals surface area contributed by atoms with E-state index in [2.05, 4.69) is 199 Å². The predicted molar refractivity (Wildman–Crippen MR) is 215 cm³/mol. The quantitative estimate of drug-likeness (QED) is 0.128. The molecule has 0 bridgehead atoms. The molecule has 2 aromatic heterocycles. The van der Waals surface area contributed by atoms with Gasteiger partial charge in [-0.25, -0.2) is 0 Å². The van der Waals surface area contributed by atoms with Gasteiger partial charge < -0.3 is 4.57 Å². The summed E-state index contributed by atoms with van der Waals surface area (Å²) in [5.41, 5.74) is 10.3. The summed E-state index contributed by atoms with van der Waals surface area (Å²) in [5, 5.41) is 7.83. The molecule has 10 rings (SSSR count). The summed E-state index contributed by atoms with van der Waals surface area (Å²) in [5.74, 6) is 0.167. The molecule has 0 amide bonds. The maximum Gasteiger partial charge on any atom is 0.181 e. The van der Waals surface area contributed by atoms with Gasteiger partial charge in [0.2, 0.25) is 0 Å². The van der Waals surface area contributed by atoms with E-state index in [0.717, 1.165) is 0 Å². The van der Waals surface area contributed by atoms with Crippen molar-refractivity contribution in [3.8, 4) is 16.8 Å². The molecular weight excluding hydrogens is 633 g/mol. The number of para-hydroxylation sites is 2. The SMILES string of the molecule is c1ccc(-n2c3ccccc3c3cc([Si](c4ccccc4)(c4cccnc4)c4cccc(C5c6ccccc6-c6ccccc65)c4)ccc32)cc1. The second-order valence-corrected chi connectivity index (χ2v) is 17.3. The van der Waals surface area contributed by atoms with Gasteiger partial charge in [0, 0.05) is 34.8 Å². The van der Waals surface area contributed by atoms with E-state index in [1.54, 1.807) is 0 Å². The Morgan fingerprint density at radius 1 is 0.431 bits per heavy atom. The van der Waals surface area contributed by atoms with Crippen molar-refractivity contribution >= 4 is 50.6 Å². The lowest BCUT2D eigenvalue weighted by molar-refractivity contribution is 1.02. The van der Waals surface area contributed by atoms with Crippen LogP contribution in [0.25, 0.3) is 38.6 Å². The van der Waals surface area contributed by atoms with Gasteiger partial charge in [-0.1, -0.05) is 158 Å². The maximum atomic E-state index is 4.77. The minimum absolute atomic E-state index is 0.167. The molecule has 51 heavy (non-hydrogen) atoms. The minimum atomic E-state index is -2.91. The number of hydrogen-bond acceptors (Lipinski definition) is 1. The highest BCUT2D eigenvalue weighted by molar-refractivity contribution is 7.20. The number of pyridine rings is 1. The smallest absolute Gasteiger partial charge is 0.181 e. The molecular formula is C48H34N2Si.